The van der Waals surface area contributed by atoms with Crippen LogP contribution >= 0.6 is 0 Å². The number of ether oxygens (including phenoxy) is 1. The van der Waals surface area contributed by atoms with Crippen LogP contribution in [0.2, 0.25) is 0 Å². The smallest absolute Gasteiger partial charge is 0.249 e. The molecule has 3 rings (SSSR count). The van der Waals surface area contributed by atoms with Crippen molar-refractivity contribution in [1.82, 2.24) is 9.78 Å². The molecule has 6 heteroatoms. The fraction of sp³-hybridized carbons (Fsp3) is 0.333. The maximum Gasteiger partial charge on any atom is 0.249 e. The fourth-order valence-corrected chi connectivity index (χ4v) is 2.27. The van der Waals surface area contributed by atoms with Crippen LogP contribution in [0.25, 0.3) is 6.08 Å². The average Bonchev–Trinajstić information content (AvgIpc) is 3.20. The van der Waals surface area contributed by atoms with Crippen LogP contribution in [0.3, 0.4) is 0 Å². The number of hydrogen-bond acceptors (Lipinski definition) is 4. The minimum absolute atomic E-state index is 0.212. The van der Waals surface area contributed by atoms with Crippen molar-refractivity contribution in [3.05, 3.63) is 42.5 Å². The molecular weight excluding hydrogens is 270 g/mol. The number of nitrogens with zero attached hydrogens (tertiary/aromatic N) is 2. The Balaban J connectivity index is 1.59. The van der Waals surface area contributed by atoms with Crippen molar-refractivity contribution >= 4 is 17.8 Å². The zero-order valence-corrected chi connectivity index (χ0v) is 11.6. The van der Waals surface area contributed by atoms with Crippen LogP contribution in [0, 0.1) is 5.92 Å². The van der Waals surface area contributed by atoms with Crippen LogP contribution in [0.15, 0.2) is 41.2 Å². The molecule has 1 N–H and O–H groups in total. The maximum atomic E-state index is 11.9. The molecule has 0 bridgehead atoms. The summed E-state index contributed by atoms with van der Waals surface area (Å²) in [7, 11) is 0. The summed E-state index contributed by atoms with van der Waals surface area (Å²) in [5, 5.41) is 7.07. The third-order valence-electron chi connectivity index (χ3n) is 3.37. The van der Waals surface area contributed by atoms with Crippen LogP contribution < -0.4 is 5.32 Å². The minimum atomic E-state index is -0.212. The van der Waals surface area contributed by atoms with Crippen LogP contribution in [0.1, 0.15) is 12.2 Å². The molecular formula is C15H17N3O3. The van der Waals surface area contributed by atoms with Gasteiger partial charge >= 0.3 is 0 Å². The van der Waals surface area contributed by atoms with Crippen molar-refractivity contribution in [2.24, 2.45) is 5.92 Å². The molecule has 6 nitrogen and oxygen atoms in total. The van der Waals surface area contributed by atoms with Gasteiger partial charge in [0, 0.05) is 31.2 Å². The third kappa shape index (κ3) is 3.61. The van der Waals surface area contributed by atoms with Gasteiger partial charge < -0.3 is 14.5 Å². The number of aromatic nitrogens is 2. The second kappa shape index (κ2) is 6.41. The first-order valence-corrected chi connectivity index (χ1v) is 6.93. The molecule has 1 amide bonds. The van der Waals surface area contributed by atoms with Crippen molar-refractivity contribution in [2.75, 3.05) is 18.5 Å². The normalized spacial score (nSPS) is 18.4. The number of nitrogens with one attached hydrogen (secondary N) is 1. The van der Waals surface area contributed by atoms with E-state index < -0.39 is 0 Å². The molecule has 2 aromatic heterocycles. The van der Waals surface area contributed by atoms with Gasteiger partial charge in [-0.15, -0.1) is 0 Å². The Morgan fingerprint density at radius 1 is 1.52 bits per heavy atom. The Kier molecular flexibility index (Phi) is 4.16. The van der Waals surface area contributed by atoms with Crippen LogP contribution in [0.5, 0.6) is 0 Å². The number of hydrogen-bond donors (Lipinski definition) is 1. The molecule has 0 aliphatic carbocycles. The molecule has 1 fully saturated rings. The zero-order chi connectivity index (χ0) is 14.5. The number of rotatable bonds is 5. The Bertz CT molecular complexity index is 610. The van der Waals surface area contributed by atoms with E-state index in [1.54, 1.807) is 41.4 Å². The predicted molar refractivity (Wildman–Crippen MR) is 77.5 cm³/mol. The van der Waals surface area contributed by atoms with Gasteiger partial charge in [0.2, 0.25) is 5.91 Å². The summed E-state index contributed by atoms with van der Waals surface area (Å²) in [5.74, 6) is 1.58. The molecule has 0 aromatic carbocycles. The van der Waals surface area contributed by atoms with E-state index in [4.69, 9.17) is 9.15 Å². The monoisotopic (exact) mass is 287 g/mol. The van der Waals surface area contributed by atoms with Crippen molar-refractivity contribution < 1.29 is 13.9 Å². The van der Waals surface area contributed by atoms with Crippen LogP contribution in [-0.2, 0) is 16.1 Å². The van der Waals surface area contributed by atoms with E-state index in [2.05, 4.69) is 10.4 Å². The van der Waals surface area contributed by atoms with Gasteiger partial charge in [0.05, 0.1) is 19.1 Å². The highest BCUT2D eigenvalue weighted by Gasteiger charge is 2.17. The summed E-state index contributed by atoms with van der Waals surface area (Å²) in [4.78, 5) is 11.9. The Morgan fingerprint density at radius 2 is 2.48 bits per heavy atom. The van der Waals surface area contributed by atoms with Gasteiger partial charge in [0.15, 0.2) is 0 Å². The second-order valence-corrected chi connectivity index (χ2v) is 4.97. The first kappa shape index (κ1) is 13.6. The molecule has 0 spiro atoms. The van der Waals surface area contributed by atoms with E-state index in [1.807, 2.05) is 0 Å². The fourth-order valence-electron chi connectivity index (χ4n) is 2.27. The Labute approximate surface area is 122 Å². The van der Waals surface area contributed by atoms with E-state index in [1.165, 1.54) is 6.08 Å². The largest absolute Gasteiger partial charge is 0.465 e. The first-order valence-electron chi connectivity index (χ1n) is 6.93. The van der Waals surface area contributed by atoms with Crippen molar-refractivity contribution in [2.45, 2.75) is 13.0 Å². The molecule has 21 heavy (non-hydrogen) atoms. The average molecular weight is 287 g/mol. The van der Waals surface area contributed by atoms with E-state index in [0.29, 0.717) is 17.5 Å². The van der Waals surface area contributed by atoms with Crippen molar-refractivity contribution in [1.29, 1.82) is 0 Å². The van der Waals surface area contributed by atoms with Crippen LogP contribution in [0.4, 0.5) is 5.82 Å². The van der Waals surface area contributed by atoms with E-state index in [9.17, 15) is 4.79 Å². The molecule has 1 aliphatic rings. The first-order chi connectivity index (χ1) is 10.3. The summed E-state index contributed by atoms with van der Waals surface area (Å²) in [6.45, 7) is 2.32. The topological polar surface area (TPSA) is 69.3 Å². The SMILES string of the molecule is O=C(/C=C/c1ccco1)Nc1ccnn1CC1CCOC1. The molecule has 110 valence electrons. The molecule has 0 saturated carbocycles. The molecule has 1 unspecified atom stereocenters. The Morgan fingerprint density at radius 3 is 3.24 bits per heavy atom. The summed E-state index contributed by atoms with van der Waals surface area (Å²) < 4.78 is 12.3. The van der Waals surface area contributed by atoms with Gasteiger partial charge in [-0.1, -0.05) is 0 Å². The maximum absolute atomic E-state index is 11.9. The molecule has 1 saturated heterocycles. The lowest BCUT2D eigenvalue weighted by Gasteiger charge is -2.11. The number of carbonyl (C=O) groups excluding carboxylic acids is 1. The van der Waals surface area contributed by atoms with E-state index >= 15 is 0 Å². The van der Waals surface area contributed by atoms with Gasteiger partial charge in [-0.2, -0.15) is 5.10 Å². The molecule has 2 aromatic rings. The Hall–Kier alpha value is -2.34. The lowest BCUT2D eigenvalue weighted by atomic mass is 10.1. The van der Waals surface area contributed by atoms with Crippen molar-refractivity contribution in [3.8, 4) is 0 Å². The van der Waals surface area contributed by atoms with E-state index in [-0.39, 0.29) is 5.91 Å². The molecule has 1 atom stereocenters. The predicted octanol–water partition coefficient (Wildman–Crippen LogP) is 2.16. The number of amides is 1. The number of anilines is 1. The standard InChI is InChI=1S/C15H17N3O3/c19-15(4-3-13-2-1-8-21-13)17-14-5-7-16-18(14)10-12-6-9-20-11-12/h1-5,7-8,12H,6,9-11H2,(H,17,19)/b4-3+. The minimum Gasteiger partial charge on any atom is -0.465 e. The summed E-state index contributed by atoms with van der Waals surface area (Å²) >= 11 is 0. The lowest BCUT2D eigenvalue weighted by molar-refractivity contribution is -0.111. The van der Waals surface area contributed by atoms with E-state index in [0.717, 1.165) is 26.2 Å². The highest BCUT2D eigenvalue weighted by atomic mass is 16.5. The summed E-state index contributed by atoms with van der Waals surface area (Å²) in [5.41, 5.74) is 0. The highest BCUT2D eigenvalue weighted by Crippen LogP contribution is 2.17. The highest BCUT2D eigenvalue weighted by molar-refractivity contribution is 6.01. The van der Waals surface area contributed by atoms with Gasteiger partial charge in [-0.3, -0.25) is 4.79 Å². The summed E-state index contributed by atoms with van der Waals surface area (Å²) in [6, 6.07) is 5.35. The van der Waals surface area contributed by atoms with Gasteiger partial charge in [0.25, 0.3) is 0 Å². The molecule has 1 aliphatic heterocycles. The lowest BCUT2D eigenvalue weighted by Crippen LogP contribution is -2.17. The van der Waals surface area contributed by atoms with Gasteiger partial charge in [0.1, 0.15) is 11.6 Å². The second-order valence-electron chi connectivity index (χ2n) is 4.97. The quantitative estimate of drug-likeness (QED) is 0.856. The molecule has 0 radical (unpaired) electrons. The van der Waals surface area contributed by atoms with Crippen molar-refractivity contribution in [3.63, 3.8) is 0 Å². The zero-order valence-electron chi connectivity index (χ0n) is 11.6. The van der Waals surface area contributed by atoms with Gasteiger partial charge in [-0.25, -0.2) is 4.68 Å². The number of carbonyl (C=O) groups is 1. The molecule has 3 heterocycles. The number of furan rings is 1. The third-order valence-corrected chi connectivity index (χ3v) is 3.37. The van der Waals surface area contributed by atoms with Gasteiger partial charge in [-0.05, 0) is 24.6 Å². The summed E-state index contributed by atoms with van der Waals surface area (Å²) in [6.07, 6.45) is 7.35. The van der Waals surface area contributed by atoms with Crippen LogP contribution in [-0.4, -0.2) is 28.9 Å².